The minimum atomic E-state index is -3.47. The van der Waals surface area contributed by atoms with Gasteiger partial charge in [0, 0.05) is 63.7 Å². The fourth-order valence-electron chi connectivity index (χ4n) is 4.66. The molecule has 1 amide bonds. The van der Waals surface area contributed by atoms with Crippen molar-refractivity contribution in [3.8, 4) is 0 Å². The van der Waals surface area contributed by atoms with E-state index in [4.69, 9.17) is 4.74 Å². The van der Waals surface area contributed by atoms with E-state index in [2.05, 4.69) is 4.90 Å². The molecule has 0 spiro atoms. The second-order valence-electron chi connectivity index (χ2n) is 8.69. The number of hydrogen-bond donors (Lipinski definition) is 0. The van der Waals surface area contributed by atoms with E-state index in [0.29, 0.717) is 32.0 Å². The van der Waals surface area contributed by atoms with Crippen LogP contribution >= 0.6 is 0 Å². The number of piperidine rings is 1. The zero-order valence-corrected chi connectivity index (χ0v) is 18.9. The third kappa shape index (κ3) is 5.94. The Morgan fingerprint density at radius 1 is 1.00 bits per heavy atom. The maximum absolute atomic E-state index is 13.0. The van der Waals surface area contributed by atoms with Crippen LogP contribution in [0.1, 0.15) is 31.2 Å². The number of carbonyl (C=O) groups is 1. The smallest absolute Gasteiger partial charge is 0.236 e. The van der Waals surface area contributed by atoms with Gasteiger partial charge in [0.15, 0.2) is 0 Å². The summed E-state index contributed by atoms with van der Waals surface area (Å²) in [5, 5.41) is 1.28. The molecule has 1 unspecified atom stereocenters. The van der Waals surface area contributed by atoms with Crippen molar-refractivity contribution in [3.63, 3.8) is 0 Å². The molecule has 3 saturated heterocycles. The largest absolute Gasteiger partial charge is 0.377 e. The number of benzene rings is 1. The zero-order chi connectivity index (χ0) is 21.7. The number of carbonyl (C=O) groups excluding carboxylic acids is 1. The molecule has 0 aliphatic carbocycles. The first-order chi connectivity index (χ1) is 15.0. The van der Waals surface area contributed by atoms with Gasteiger partial charge in [-0.25, -0.2) is 8.42 Å². The van der Waals surface area contributed by atoms with Gasteiger partial charge < -0.3 is 9.64 Å². The molecule has 0 bridgehead atoms. The average Bonchev–Trinajstić information content (AvgIpc) is 3.32. The molecule has 0 aromatic heterocycles. The van der Waals surface area contributed by atoms with Crippen molar-refractivity contribution in [1.82, 2.24) is 14.1 Å². The lowest BCUT2D eigenvalue weighted by Crippen LogP contribution is -2.52. The van der Waals surface area contributed by atoms with E-state index in [-0.39, 0.29) is 11.8 Å². The van der Waals surface area contributed by atoms with E-state index in [1.165, 1.54) is 9.71 Å². The van der Waals surface area contributed by atoms with Crippen LogP contribution in [-0.4, -0.2) is 87.0 Å². The summed E-state index contributed by atoms with van der Waals surface area (Å²) < 4.78 is 32.5. The minimum absolute atomic E-state index is 0.0748. The lowest BCUT2D eigenvalue weighted by molar-refractivity contribution is -0.138. The summed E-state index contributed by atoms with van der Waals surface area (Å²) in [5.74, 6) is 0.114. The number of nitrogens with zero attached hydrogens (tertiary/aromatic N) is 3. The van der Waals surface area contributed by atoms with Crippen molar-refractivity contribution in [2.75, 3.05) is 52.4 Å². The number of amides is 1. The third-order valence-electron chi connectivity index (χ3n) is 6.56. The maximum Gasteiger partial charge on any atom is 0.236 e. The van der Waals surface area contributed by atoms with Crippen LogP contribution in [-0.2, 0) is 19.6 Å². The van der Waals surface area contributed by atoms with E-state index >= 15 is 0 Å². The molecular weight excluding hydrogens is 414 g/mol. The normalized spacial score (nSPS) is 24.8. The topological polar surface area (TPSA) is 70.2 Å². The van der Waals surface area contributed by atoms with Crippen molar-refractivity contribution in [1.29, 1.82) is 0 Å². The molecule has 3 aliphatic rings. The van der Waals surface area contributed by atoms with Gasteiger partial charge in [0.25, 0.3) is 0 Å². The predicted octanol–water partition coefficient (Wildman–Crippen LogP) is 2.02. The number of piperazine rings is 1. The van der Waals surface area contributed by atoms with Gasteiger partial charge in [0.1, 0.15) is 0 Å². The first kappa shape index (κ1) is 22.5. The van der Waals surface area contributed by atoms with Crippen LogP contribution in [0.25, 0.3) is 6.08 Å². The molecule has 0 N–H and O–H groups in total. The van der Waals surface area contributed by atoms with Crippen molar-refractivity contribution in [2.45, 2.75) is 31.8 Å². The minimum Gasteiger partial charge on any atom is -0.377 e. The van der Waals surface area contributed by atoms with Crippen LogP contribution in [0.15, 0.2) is 35.7 Å². The fourth-order valence-corrected chi connectivity index (χ4v) is 5.88. The summed E-state index contributed by atoms with van der Waals surface area (Å²) in [7, 11) is -3.47. The number of hydrogen-bond acceptors (Lipinski definition) is 5. The average molecular weight is 448 g/mol. The second kappa shape index (κ2) is 10.3. The highest BCUT2D eigenvalue weighted by atomic mass is 32.2. The highest BCUT2D eigenvalue weighted by molar-refractivity contribution is 7.92. The first-order valence-corrected chi connectivity index (χ1v) is 12.9. The van der Waals surface area contributed by atoms with E-state index < -0.39 is 10.0 Å². The van der Waals surface area contributed by atoms with Crippen LogP contribution in [0, 0.1) is 5.92 Å². The Balaban J connectivity index is 1.23. The lowest BCUT2D eigenvalue weighted by atomic mass is 9.96. The number of sulfonamides is 1. The third-order valence-corrected chi connectivity index (χ3v) is 8.13. The van der Waals surface area contributed by atoms with Crippen molar-refractivity contribution < 1.29 is 17.9 Å². The first-order valence-electron chi connectivity index (χ1n) is 11.4. The van der Waals surface area contributed by atoms with E-state index in [9.17, 15) is 13.2 Å². The molecule has 7 nitrogen and oxygen atoms in total. The Labute approximate surface area is 185 Å². The summed E-state index contributed by atoms with van der Waals surface area (Å²) in [5.41, 5.74) is 0.856. The van der Waals surface area contributed by atoms with E-state index in [1.54, 1.807) is 6.08 Å². The van der Waals surface area contributed by atoms with Crippen molar-refractivity contribution in [2.24, 2.45) is 5.92 Å². The fraction of sp³-hybridized carbons (Fsp3) is 0.609. The molecule has 3 heterocycles. The molecule has 1 aromatic rings. The Bertz CT molecular complexity index is 852. The van der Waals surface area contributed by atoms with Gasteiger partial charge in [-0.15, -0.1) is 0 Å². The Morgan fingerprint density at radius 2 is 1.71 bits per heavy atom. The molecule has 4 rings (SSSR count). The van der Waals surface area contributed by atoms with Gasteiger partial charge in [-0.3, -0.25) is 9.69 Å². The SMILES string of the molecule is O=C(C1CCN(S(=O)(=O)C=Cc2ccccc2)CC1)N1CCN(CC2CCCO2)CC1. The van der Waals surface area contributed by atoms with Gasteiger partial charge in [-0.1, -0.05) is 30.3 Å². The molecule has 3 aliphatic heterocycles. The summed E-state index contributed by atoms with van der Waals surface area (Å²) >= 11 is 0. The molecule has 0 saturated carbocycles. The predicted molar refractivity (Wildman–Crippen MR) is 121 cm³/mol. The molecule has 1 aromatic carbocycles. The molecule has 8 heteroatoms. The van der Waals surface area contributed by atoms with Crippen LogP contribution < -0.4 is 0 Å². The van der Waals surface area contributed by atoms with Crippen LogP contribution in [0.4, 0.5) is 0 Å². The second-order valence-corrected chi connectivity index (χ2v) is 10.5. The van der Waals surface area contributed by atoms with Gasteiger partial charge >= 0.3 is 0 Å². The van der Waals surface area contributed by atoms with Gasteiger partial charge in [0.05, 0.1) is 6.10 Å². The zero-order valence-electron chi connectivity index (χ0n) is 18.1. The standard InChI is InChI=1S/C23H33N3O4S/c27-23(25-15-13-24(14-16-25)19-22-7-4-17-30-22)21-8-11-26(12-9-21)31(28,29)18-10-20-5-2-1-3-6-20/h1-3,5-6,10,18,21-22H,4,7-9,11-17,19H2. The molecule has 1 atom stereocenters. The van der Waals surface area contributed by atoms with E-state index in [0.717, 1.165) is 57.7 Å². The summed E-state index contributed by atoms with van der Waals surface area (Å²) in [6.45, 7) is 5.93. The highest BCUT2D eigenvalue weighted by Crippen LogP contribution is 2.23. The summed E-state index contributed by atoms with van der Waals surface area (Å²) in [6.07, 6.45) is 5.45. The molecular formula is C23H33N3O4S. The molecule has 170 valence electrons. The summed E-state index contributed by atoms with van der Waals surface area (Å²) in [4.78, 5) is 17.3. The lowest BCUT2D eigenvalue weighted by Gasteiger charge is -2.38. The molecule has 0 radical (unpaired) electrons. The monoisotopic (exact) mass is 447 g/mol. The summed E-state index contributed by atoms with van der Waals surface area (Å²) in [6, 6.07) is 9.41. The molecule has 31 heavy (non-hydrogen) atoms. The van der Waals surface area contributed by atoms with Crippen molar-refractivity contribution in [3.05, 3.63) is 41.3 Å². The van der Waals surface area contributed by atoms with Gasteiger partial charge in [-0.05, 0) is 37.3 Å². The van der Waals surface area contributed by atoms with Crippen LogP contribution in [0.5, 0.6) is 0 Å². The number of ether oxygens (including phenoxy) is 1. The Morgan fingerprint density at radius 3 is 2.35 bits per heavy atom. The number of rotatable bonds is 6. The van der Waals surface area contributed by atoms with Crippen LogP contribution in [0.2, 0.25) is 0 Å². The van der Waals surface area contributed by atoms with Gasteiger partial charge in [-0.2, -0.15) is 4.31 Å². The van der Waals surface area contributed by atoms with E-state index in [1.807, 2.05) is 35.2 Å². The van der Waals surface area contributed by atoms with Crippen molar-refractivity contribution >= 4 is 22.0 Å². The quantitative estimate of drug-likeness (QED) is 0.667. The van der Waals surface area contributed by atoms with Gasteiger partial charge in [0.2, 0.25) is 15.9 Å². The molecule has 3 fully saturated rings. The Kier molecular flexibility index (Phi) is 7.43. The highest BCUT2D eigenvalue weighted by Gasteiger charge is 2.33. The van der Waals surface area contributed by atoms with Crippen LogP contribution in [0.3, 0.4) is 0 Å². The maximum atomic E-state index is 13.0. The Hall–Kier alpha value is -1.74.